The monoisotopic (exact) mass is 324 g/mol. The summed E-state index contributed by atoms with van der Waals surface area (Å²) in [6.45, 7) is 0. The highest BCUT2D eigenvalue weighted by atomic mass is 15.1. The Morgan fingerprint density at radius 2 is 1.36 bits per heavy atom. The zero-order valence-corrected chi connectivity index (χ0v) is 14.0. The number of aromatic nitrogens is 3. The number of benzene rings is 3. The Bertz CT molecular complexity index is 1160. The van der Waals surface area contributed by atoms with Gasteiger partial charge in [0.15, 0.2) is 0 Å². The zero-order valence-electron chi connectivity index (χ0n) is 14.0. The predicted octanol–water partition coefficient (Wildman–Crippen LogP) is 4.40. The van der Waals surface area contributed by atoms with E-state index in [0.29, 0.717) is 0 Å². The molecule has 0 bridgehead atoms. The van der Waals surface area contributed by atoms with Crippen LogP contribution in [0.3, 0.4) is 0 Å². The smallest absolute Gasteiger partial charge is 0.248 e. The maximum atomic E-state index is 2.34. The van der Waals surface area contributed by atoms with Gasteiger partial charge in [-0.25, -0.2) is 9.13 Å². The van der Waals surface area contributed by atoms with Crippen molar-refractivity contribution < 1.29 is 4.57 Å². The van der Waals surface area contributed by atoms with E-state index in [1.165, 1.54) is 27.5 Å². The summed E-state index contributed by atoms with van der Waals surface area (Å²) in [7, 11) is 2.04. The third-order valence-corrected chi connectivity index (χ3v) is 4.74. The normalized spacial score (nSPS) is 11.4. The molecule has 2 heterocycles. The number of imidazole rings is 1. The molecule has 0 aliphatic carbocycles. The molecule has 0 radical (unpaired) electrons. The quantitative estimate of drug-likeness (QED) is 0.427. The zero-order chi connectivity index (χ0) is 16.8. The van der Waals surface area contributed by atoms with Crippen LogP contribution in [-0.2, 0) is 7.05 Å². The van der Waals surface area contributed by atoms with Crippen LogP contribution in [-0.4, -0.2) is 9.13 Å². The average Bonchev–Trinajstić information content (AvgIpc) is 3.23. The van der Waals surface area contributed by atoms with Crippen LogP contribution in [0.4, 0.5) is 0 Å². The van der Waals surface area contributed by atoms with E-state index >= 15 is 0 Å². The number of fused-ring (bicyclic) bond motifs is 3. The molecule has 2 aromatic heterocycles. The number of nitrogens with zero attached hydrogens (tertiary/aromatic N) is 3. The largest absolute Gasteiger partial charge is 0.309 e. The van der Waals surface area contributed by atoms with E-state index < -0.39 is 0 Å². The summed E-state index contributed by atoms with van der Waals surface area (Å²) in [6.07, 6.45) is 6.20. The molecule has 0 N–H and O–H groups in total. The number of aryl methyl sites for hydroxylation is 1. The molecule has 0 aliphatic rings. The first-order chi connectivity index (χ1) is 12.3. The molecule has 0 amide bonds. The SMILES string of the molecule is C[n+]1ccn(-c2cccc(-n3c4ccccc4c4ccccc43)c2)c1. The highest BCUT2D eigenvalue weighted by molar-refractivity contribution is 6.09. The molecule has 0 aliphatic heterocycles. The van der Waals surface area contributed by atoms with Crippen molar-refractivity contribution in [3.63, 3.8) is 0 Å². The van der Waals surface area contributed by atoms with E-state index in [9.17, 15) is 0 Å². The average molecular weight is 324 g/mol. The molecule has 0 spiro atoms. The summed E-state index contributed by atoms with van der Waals surface area (Å²) >= 11 is 0. The van der Waals surface area contributed by atoms with Gasteiger partial charge in [0.1, 0.15) is 18.1 Å². The second-order valence-electron chi connectivity index (χ2n) is 6.38. The summed E-state index contributed by atoms with van der Waals surface area (Å²) in [5.74, 6) is 0. The lowest BCUT2D eigenvalue weighted by atomic mass is 10.2. The van der Waals surface area contributed by atoms with Gasteiger partial charge in [-0.3, -0.25) is 0 Å². The topological polar surface area (TPSA) is 13.7 Å². The van der Waals surface area contributed by atoms with Crippen LogP contribution in [0, 0.1) is 0 Å². The highest BCUT2D eigenvalue weighted by Gasteiger charge is 2.12. The van der Waals surface area contributed by atoms with Gasteiger partial charge in [-0.1, -0.05) is 42.5 Å². The molecule has 3 nitrogen and oxygen atoms in total. The third kappa shape index (κ3) is 2.17. The van der Waals surface area contributed by atoms with Gasteiger partial charge in [0, 0.05) is 16.8 Å². The molecule has 0 atom stereocenters. The lowest BCUT2D eigenvalue weighted by molar-refractivity contribution is -0.670. The highest BCUT2D eigenvalue weighted by Crippen LogP contribution is 2.32. The van der Waals surface area contributed by atoms with Crippen molar-refractivity contribution >= 4 is 21.8 Å². The van der Waals surface area contributed by atoms with E-state index in [0.717, 1.165) is 5.69 Å². The first-order valence-corrected chi connectivity index (χ1v) is 8.43. The van der Waals surface area contributed by atoms with Crippen molar-refractivity contribution in [2.75, 3.05) is 0 Å². The molecule has 120 valence electrons. The lowest BCUT2D eigenvalue weighted by Gasteiger charge is -2.08. The number of para-hydroxylation sites is 2. The summed E-state index contributed by atoms with van der Waals surface area (Å²) < 4.78 is 6.53. The molecule has 5 aromatic rings. The third-order valence-electron chi connectivity index (χ3n) is 4.74. The predicted molar refractivity (Wildman–Crippen MR) is 101 cm³/mol. The summed E-state index contributed by atoms with van der Waals surface area (Å²) in [4.78, 5) is 0. The Hall–Kier alpha value is -3.33. The van der Waals surface area contributed by atoms with Crippen LogP contribution in [0.2, 0.25) is 0 Å². The van der Waals surface area contributed by atoms with E-state index in [2.05, 4.69) is 94.5 Å². The van der Waals surface area contributed by atoms with Crippen molar-refractivity contribution in [2.45, 2.75) is 0 Å². The van der Waals surface area contributed by atoms with Gasteiger partial charge in [-0.2, -0.15) is 0 Å². The van der Waals surface area contributed by atoms with Crippen molar-refractivity contribution in [3.05, 3.63) is 91.5 Å². The molecule has 25 heavy (non-hydrogen) atoms. The van der Waals surface area contributed by atoms with Gasteiger partial charge in [-0.15, -0.1) is 0 Å². The molecule has 5 rings (SSSR count). The van der Waals surface area contributed by atoms with Crippen LogP contribution in [0.1, 0.15) is 0 Å². The summed E-state index contributed by atoms with van der Waals surface area (Å²) in [5.41, 5.74) is 4.80. The maximum Gasteiger partial charge on any atom is 0.248 e. The second-order valence-corrected chi connectivity index (χ2v) is 6.38. The summed E-state index contributed by atoms with van der Waals surface area (Å²) in [6, 6.07) is 25.9. The van der Waals surface area contributed by atoms with Gasteiger partial charge < -0.3 is 4.57 Å². The van der Waals surface area contributed by atoms with Crippen molar-refractivity contribution in [3.8, 4) is 11.4 Å². The Morgan fingerprint density at radius 1 is 0.720 bits per heavy atom. The Kier molecular flexibility index (Phi) is 3.01. The van der Waals surface area contributed by atoms with E-state index in [1.54, 1.807) is 0 Å². The minimum absolute atomic E-state index is 1.15. The van der Waals surface area contributed by atoms with E-state index in [-0.39, 0.29) is 0 Å². The minimum Gasteiger partial charge on any atom is -0.309 e. The molecular formula is C22H18N3+. The Balaban J connectivity index is 1.81. The number of rotatable bonds is 2. The van der Waals surface area contributed by atoms with Crippen molar-refractivity contribution in [2.24, 2.45) is 7.05 Å². The van der Waals surface area contributed by atoms with Crippen LogP contribution < -0.4 is 4.57 Å². The Labute approximate surface area is 146 Å². The summed E-state index contributed by atoms with van der Waals surface area (Å²) in [5, 5.41) is 2.58. The van der Waals surface area contributed by atoms with Crippen LogP contribution in [0.15, 0.2) is 91.5 Å². The molecule has 0 saturated carbocycles. The fourth-order valence-corrected chi connectivity index (χ4v) is 3.60. The lowest BCUT2D eigenvalue weighted by Crippen LogP contribution is -2.23. The van der Waals surface area contributed by atoms with E-state index in [4.69, 9.17) is 0 Å². The number of hydrogen-bond acceptors (Lipinski definition) is 0. The molecule has 3 heteroatoms. The van der Waals surface area contributed by atoms with Crippen molar-refractivity contribution in [1.82, 2.24) is 9.13 Å². The fraction of sp³-hybridized carbons (Fsp3) is 0.0455. The van der Waals surface area contributed by atoms with Crippen LogP contribution >= 0.6 is 0 Å². The van der Waals surface area contributed by atoms with Crippen molar-refractivity contribution in [1.29, 1.82) is 0 Å². The van der Waals surface area contributed by atoms with Gasteiger partial charge in [0.05, 0.1) is 23.8 Å². The van der Waals surface area contributed by atoms with Crippen LogP contribution in [0.25, 0.3) is 33.2 Å². The van der Waals surface area contributed by atoms with Crippen LogP contribution in [0.5, 0.6) is 0 Å². The molecular weight excluding hydrogens is 306 g/mol. The van der Waals surface area contributed by atoms with Gasteiger partial charge in [0.2, 0.25) is 6.33 Å². The maximum absolute atomic E-state index is 2.34. The number of hydrogen-bond donors (Lipinski definition) is 0. The fourth-order valence-electron chi connectivity index (χ4n) is 3.60. The van der Waals surface area contributed by atoms with E-state index in [1.807, 2.05) is 17.8 Å². The minimum atomic E-state index is 1.15. The first kappa shape index (κ1) is 14.1. The molecule has 0 fully saturated rings. The van der Waals surface area contributed by atoms with Gasteiger partial charge in [0.25, 0.3) is 0 Å². The van der Waals surface area contributed by atoms with Gasteiger partial charge >= 0.3 is 0 Å². The molecule has 3 aromatic carbocycles. The first-order valence-electron chi connectivity index (χ1n) is 8.43. The molecule has 0 saturated heterocycles. The van der Waals surface area contributed by atoms with Gasteiger partial charge in [-0.05, 0) is 24.3 Å². The second kappa shape index (κ2) is 5.35. The standard InChI is InChI=1S/C22H18N3/c1-23-13-14-24(16-23)17-7-6-8-18(15-17)25-21-11-4-2-9-19(21)20-10-3-5-12-22(20)25/h2-16H,1H3/q+1. The Morgan fingerprint density at radius 3 is 2.00 bits per heavy atom. The molecule has 0 unspecified atom stereocenters.